The molecule has 2 aromatic rings. The molecule has 1 saturated heterocycles. The van der Waals surface area contributed by atoms with Crippen molar-refractivity contribution in [3.05, 3.63) is 45.4 Å². The minimum atomic E-state index is 0.638. The second-order valence-electron chi connectivity index (χ2n) is 6.79. The Morgan fingerprint density at radius 3 is 2.14 bits per heavy atom. The van der Waals surface area contributed by atoms with Crippen LogP contribution in [0.5, 0.6) is 0 Å². The van der Waals surface area contributed by atoms with Crippen molar-refractivity contribution < 1.29 is 0 Å². The van der Waals surface area contributed by atoms with Crippen LogP contribution in [-0.2, 0) is 6.54 Å². The molecule has 0 unspecified atom stereocenters. The Hall–Kier alpha value is -1.26. The molecule has 0 atom stereocenters. The van der Waals surface area contributed by atoms with E-state index in [2.05, 4.69) is 46.3 Å². The lowest BCUT2D eigenvalue weighted by molar-refractivity contribution is 0.204. The highest BCUT2D eigenvalue weighted by Gasteiger charge is 2.30. The predicted molar refractivity (Wildman–Crippen MR) is 90.3 cm³/mol. The van der Waals surface area contributed by atoms with Crippen molar-refractivity contribution in [1.82, 2.24) is 15.1 Å². The van der Waals surface area contributed by atoms with Gasteiger partial charge < -0.3 is 0 Å². The minimum absolute atomic E-state index is 0.638. The molecule has 116 valence electrons. The lowest BCUT2D eigenvalue weighted by Gasteiger charge is -2.30. The van der Waals surface area contributed by atoms with Gasteiger partial charge in [0.2, 0.25) is 0 Å². The van der Waals surface area contributed by atoms with Crippen molar-refractivity contribution in [3.63, 3.8) is 0 Å². The van der Waals surface area contributed by atoms with E-state index in [1.165, 1.54) is 59.9 Å². The summed E-state index contributed by atoms with van der Waals surface area (Å²) in [6.07, 6.45) is 5.10. The van der Waals surface area contributed by atoms with E-state index >= 15 is 0 Å². The van der Waals surface area contributed by atoms with Crippen LogP contribution in [0.15, 0.2) is 24.3 Å². The summed E-state index contributed by atoms with van der Waals surface area (Å²) in [6.45, 7) is 5.58. The Morgan fingerprint density at radius 2 is 1.55 bits per heavy atom. The van der Waals surface area contributed by atoms with Crippen molar-refractivity contribution >= 4 is 11.3 Å². The van der Waals surface area contributed by atoms with Gasteiger partial charge in [-0.3, -0.25) is 4.90 Å². The number of nitrogens with zero attached hydrogens (tertiary/aromatic N) is 3. The molecule has 22 heavy (non-hydrogen) atoms. The summed E-state index contributed by atoms with van der Waals surface area (Å²) in [6, 6.07) is 8.94. The van der Waals surface area contributed by atoms with E-state index in [1.807, 2.05) is 11.3 Å². The molecular formula is C18H23N3S. The van der Waals surface area contributed by atoms with Crippen LogP contribution in [0.3, 0.4) is 0 Å². The molecule has 2 aliphatic rings. The van der Waals surface area contributed by atoms with Gasteiger partial charge in [-0.15, -0.1) is 21.5 Å². The van der Waals surface area contributed by atoms with Crippen LogP contribution in [0.25, 0.3) is 0 Å². The molecule has 2 fully saturated rings. The number of benzene rings is 1. The van der Waals surface area contributed by atoms with Gasteiger partial charge in [0.05, 0.1) is 0 Å². The Balaban J connectivity index is 1.32. The summed E-state index contributed by atoms with van der Waals surface area (Å²) >= 11 is 1.88. The monoisotopic (exact) mass is 313 g/mol. The Morgan fingerprint density at radius 1 is 0.955 bits per heavy atom. The molecule has 1 saturated carbocycles. The molecule has 0 amide bonds. The molecule has 1 aromatic carbocycles. The molecule has 0 radical (unpaired) electrons. The highest BCUT2D eigenvalue weighted by molar-refractivity contribution is 7.11. The molecule has 0 spiro atoms. The van der Waals surface area contributed by atoms with Crippen molar-refractivity contribution in [2.24, 2.45) is 0 Å². The van der Waals surface area contributed by atoms with E-state index in [4.69, 9.17) is 0 Å². The standard InChI is InChI=1S/C18H23N3S/c1-13-2-4-14(5-3-13)12-21-10-8-16(9-11-21)18-20-19-17(22-18)15-6-7-15/h2-5,15-16H,6-12H2,1H3. The van der Waals surface area contributed by atoms with E-state index in [1.54, 1.807) is 0 Å². The molecule has 0 N–H and O–H groups in total. The van der Waals surface area contributed by atoms with E-state index < -0.39 is 0 Å². The van der Waals surface area contributed by atoms with Gasteiger partial charge in [0.15, 0.2) is 0 Å². The minimum Gasteiger partial charge on any atom is -0.299 e. The van der Waals surface area contributed by atoms with Crippen LogP contribution >= 0.6 is 11.3 Å². The zero-order valence-corrected chi connectivity index (χ0v) is 14.0. The molecule has 0 bridgehead atoms. The largest absolute Gasteiger partial charge is 0.299 e. The average Bonchev–Trinajstić information content (AvgIpc) is 3.28. The molecule has 3 nitrogen and oxygen atoms in total. The topological polar surface area (TPSA) is 29.0 Å². The Bertz CT molecular complexity index is 622. The number of hydrogen-bond donors (Lipinski definition) is 0. The fraction of sp³-hybridized carbons (Fsp3) is 0.556. The highest BCUT2D eigenvalue weighted by Crippen LogP contribution is 2.43. The Labute approximate surface area is 136 Å². The van der Waals surface area contributed by atoms with E-state index in [0.29, 0.717) is 5.92 Å². The van der Waals surface area contributed by atoms with Gasteiger partial charge in [-0.2, -0.15) is 0 Å². The Kier molecular flexibility index (Phi) is 3.97. The molecule has 4 heteroatoms. The first-order valence-corrected chi connectivity index (χ1v) is 9.21. The lowest BCUT2D eigenvalue weighted by Crippen LogP contribution is -2.32. The van der Waals surface area contributed by atoms with Gasteiger partial charge in [0.1, 0.15) is 10.0 Å². The van der Waals surface area contributed by atoms with Crippen LogP contribution < -0.4 is 0 Å². The summed E-state index contributed by atoms with van der Waals surface area (Å²) in [7, 11) is 0. The van der Waals surface area contributed by atoms with Crippen molar-refractivity contribution in [1.29, 1.82) is 0 Å². The zero-order chi connectivity index (χ0) is 14.9. The summed E-state index contributed by atoms with van der Waals surface area (Å²) < 4.78 is 0. The molecule has 4 rings (SSSR count). The van der Waals surface area contributed by atoms with Gasteiger partial charge in [-0.25, -0.2) is 0 Å². The third kappa shape index (κ3) is 3.23. The fourth-order valence-corrected chi connectivity index (χ4v) is 4.38. The maximum Gasteiger partial charge on any atom is 0.120 e. The summed E-state index contributed by atoms with van der Waals surface area (Å²) in [5.41, 5.74) is 2.76. The third-order valence-electron chi connectivity index (χ3n) is 4.85. The summed E-state index contributed by atoms with van der Waals surface area (Å²) in [5, 5.41) is 11.5. The SMILES string of the molecule is Cc1ccc(CN2CCC(c3nnc(C4CC4)s3)CC2)cc1. The van der Waals surface area contributed by atoms with Crippen molar-refractivity contribution in [2.75, 3.05) is 13.1 Å². The first kappa shape index (κ1) is 14.3. The third-order valence-corrected chi connectivity index (χ3v) is 6.09. The van der Waals surface area contributed by atoms with Crippen molar-refractivity contribution in [3.8, 4) is 0 Å². The van der Waals surface area contributed by atoms with Crippen LogP contribution in [0.2, 0.25) is 0 Å². The smallest absolute Gasteiger partial charge is 0.120 e. The number of likely N-dealkylation sites (tertiary alicyclic amines) is 1. The lowest BCUT2D eigenvalue weighted by atomic mass is 9.97. The molecule has 2 heterocycles. The maximum absolute atomic E-state index is 4.47. The van der Waals surface area contributed by atoms with E-state index in [9.17, 15) is 0 Å². The normalized spacial score (nSPS) is 20.4. The van der Waals surface area contributed by atoms with E-state index in [0.717, 1.165) is 12.5 Å². The molecule has 1 aliphatic heterocycles. The zero-order valence-electron chi connectivity index (χ0n) is 13.2. The molecular weight excluding hydrogens is 290 g/mol. The fourth-order valence-electron chi connectivity index (χ4n) is 3.20. The first-order valence-electron chi connectivity index (χ1n) is 8.39. The summed E-state index contributed by atoms with van der Waals surface area (Å²) in [5.74, 6) is 1.38. The van der Waals surface area contributed by atoms with Crippen LogP contribution in [0.4, 0.5) is 0 Å². The number of rotatable bonds is 4. The highest BCUT2D eigenvalue weighted by atomic mass is 32.1. The number of aromatic nitrogens is 2. The van der Waals surface area contributed by atoms with Gasteiger partial charge in [0.25, 0.3) is 0 Å². The van der Waals surface area contributed by atoms with Crippen LogP contribution in [0, 0.1) is 6.92 Å². The second kappa shape index (κ2) is 6.09. The maximum atomic E-state index is 4.47. The summed E-state index contributed by atoms with van der Waals surface area (Å²) in [4.78, 5) is 2.57. The van der Waals surface area contributed by atoms with Crippen LogP contribution in [0.1, 0.15) is 58.7 Å². The van der Waals surface area contributed by atoms with Gasteiger partial charge in [0, 0.05) is 18.4 Å². The number of aryl methyl sites for hydroxylation is 1. The number of hydrogen-bond acceptors (Lipinski definition) is 4. The predicted octanol–water partition coefficient (Wildman–Crippen LogP) is 4.10. The van der Waals surface area contributed by atoms with E-state index in [-0.39, 0.29) is 0 Å². The number of piperidine rings is 1. The first-order chi connectivity index (χ1) is 10.8. The quantitative estimate of drug-likeness (QED) is 0.851. The molecule has 1 aliphatic carbocycles. The van der Waals surface area contributed by atoms with Gasteiger partial charge >= 0.3 is 0 Å². The van der Waals surface area contributed by atoms with Gasteiger partial charge in [-0.05, 0) is 51.3 Å². The van der Waals surface area contributed by atoms with Gasteiger partial charge in [-0.1, -0.05) is 29.8 Å². The van der Waals surface area contributed by atoms with Crippen LogP contribution in [-0.4, -0.2) is 28.2 Å². The van der Waals surface area contributed by atoms with Crippen molar-refractivity contribution in [2.45, 2.75) is 51.0 Å². The second-order valence-corrected chi connectivity index (χ2v) is 7.83. The average molecular weight is 313 g/mol. The molecule has 1 aromatic heterocycles.